The molecule has 0 saturated carbocycles. The van der Waals surface area contributed by atoms with Crippen LogP contribution < -0.4 is 10.1 Å². The molecule has 1 unspecified atom stereocenters. The number of thioether (sulfide) groups is 1. The molecule has 0 radical (unpaired) electrons. The molecule has 2 heterocycles. The summed E-state index contributed by atoms with van der Waals surface area (Å²) in [7, 11) is 0. The molecule has 0 bridgehead atoms. The highest BCUT2D eigenvalue weighted by atomic mass is 32.2. The van der Waals surface area contributed by atoms with E-state index in [-0.39, 0.29) is 18.1 Å². The van der Waals surface area contributed by atoms with Crippen molar-refractivity contribution in [3.63, 3.8) is 0 Å². The summed E-state index contributed by atoms with van der Waals surface area (Å²) in [6.07, 6.45) is 1.04. The second-order valence-corrected chi connectivity index (χ2v) is 6.36. The number of amides is 1. The predicted octanol–water partition coefficient (Wildman–Crippen LogP) is 1.37. The third-order valence-electron chi connectivity index (χ3n) is 3.72. The smallest absolute Gasteiger partial charge is 0.240 e. The summed E-state index contributed by atoms with van der Waals surface area (Å²) in [4.78, 5) is 14.3. The van der Waals surface area contributed by atoms with Gasteiger partial charge in [-0.25, -0.2) is 0 Å². The summed E-state index contributed by atoms with van der Waals surface area (Å²) in [5.74, 6) is 3.11. The van der Waals surface area contributed by atoms with Crippen molar-refractivity contribution in [1.82, 2.24) is 10.2 Å². The summed E-state index contributed by atoms with van der Waals surface area (Å²) in [5.41, 5.74) is 0. The van der Waals surface area contributed by atoms with Gasteiger partial charge < -0.3 is 15.0 Å². The lowest BCUT2D eigenvalue weighted by Gasteiger charge is -2.27. The van der Waals surface area contributed by atoms with Crippen LogP contribution in [0, 0.1) is 0 Å². The van der Waals surface area contributed by atoms with Crippen LogP contribution in [-0.4, -0.2) is 54.1 Å². The Bertz CT molecular complexity index is 448. The fourth-order valence-electron chi connectivity index (χ4n) is 2.66. The second-order valence-electron chi connectivity index (χ2n) is 5.21. The van der Waals surface area contributed by atoms with Crippen molar-refractivity contribution in [2.24, 2.45) is 0 Å². The Kier molecular flexibility index (Phi) is 4.47. The Hall–Kier alpha value is -1.20. The Morgan fingerprint density at radius 2 is 2.20 bits per heavy atom. The van der Waals surface area contributed by atoms with Crippen LogP contribution in [0.15, 0.2) is 30.3 Å². The van der Waals surface area contributed by atoms with E-state index in [1.165, 1.54) is 0 Å². The number of carbonyl (C=O) groups is 1. The van der Waals surface area contributed by atoms with E-state index in [1.54, 1.807) is 0 Å². The van der Waals surface area contributed by atoms with E-state index in [4.69, 9.17) is 4.74 Å². The van der Waals surface area contributed by atoms with Gasteiger partial charge >= 0.3 is 0 Å². The minimum absolute atomic E-state index is 0.00998. The first-order valence-electron chi connectivity index (χ1n) is 7.14. The molecule has 1 aromatic rings. The molecule has 20 heavy (non-hydrogen) atoms. The number of likely N-dealkylation sites (tertiary alicyclic amines) is 1. The second kappa shape index (κ2) is 6.50. The number of nitrogens with zero attached hydrogens (tertiary/aromatic N) is 1. The number of rotatable bonds is 3. The third kappa shape index (κ3) is 3.27. The highest BCUT2D eigenvalue weighted by Gasteiger charge is 2.32. The maximum Gasteiger partial charge on any atom is 0.240 e. The van der Waals surface area contributed by atoms with Crippen LogP contribution in [0.2, 0.25) is 0 Å². The van der Waals surface area contributed by atoms with Crippen LogP contribution in [0.25, 0.3) is 0 Å². The van der Waals surface area contributed by atoms with Crippen molar-refractivity contribution in [2.75, 3.05) is 31.1 Å². The normalized spacial score (nSPS) is 26.5. The van der Waals surface area contributed by atoms with Gasteiger partial charge in [-0.15, -0.1) is 0 Å². The first-order chi connectivity index (χ1) is 9.83. The Morgan fingerprint density at radius 1 is 1.35 bits per heavy atom. The van der Waals surface area contributed by atoms with E-state index in [1.807, 2.05) is 47.0 Å². The summed E-state index contributed by atoms with van der Waals surface area (Å²) in [6, 6.07) is 9.83. The van der Waals surface area contributed by atoms with E-state index in [0.717, 1.165) is 36.8 Å². The van der Waals surface area contributed by atoms with E-state index in [0.29, 0.717) is 6.54 Å². The van der Waals surface area contributed by atoms with Crippen molar-refractivity contribution in [3.05, 3.63) is 30.3 Å². The molecule has 2 fully saturated rings. The van der Waals surface area contributed by atoms with Crippen LogP contribution in [-0.2, 0) is 4.79 Å². The standard InChI is InChI=1S/C15H20N2O2S/c18-15(14-11-20-9-7-16-14)17-8-6-13(10-17)19-12-4-2-1-3-5-12/h1-5,13-14,16H,6-11H2/t13-,14?/m1/s1. The molecule has 2 atom stereocenters. The van der Waals surface area contributed by atoms with Gasteiger partial charge in [-0.05, 0) is 12.1 Å². The molecule has 3 rings (SSSR count). The molecule has 0 aromatic heterocycles. The molecule has 0 spiro atoms. The molecule has 1 aromatic carbocycles. The van der Waals surface area contributed by atoms with E-state index < -0.39 is 0 Å². The molecule has 2 aliphatic heterocycles. The monoisotopic (exact) mass is 292 g/mol. The minimum atomic E-state index is -0.00998. The third-order valence-corrected chi connectivity index (χ3v) is 4.78. The zero-order valence-electron chi connectivity index (χ0n) is 11.5. The number of hydrogen-bond donors (Lipinski definition) is 1. The van der Waals surface area contributed by atoms with Gasteiger partial charge in [0, 0.05) is 31.0 Å². The predicted molar refractivity (Wildman–Crippen MR) is 81.2 cm³/mol. The van der Waals surface area contributed by atoms with Crippen LogP contribution in [0.4, 0.5) is 0 Å². The number of para-hydroxylation sites is 1. The fraction of sp³-hybridized carbons (Fsp3) is 0.533. The van der Waals surface area contributed by atoms with Gasteiger partial charge in [0.2, 0.25) is 5.91 Å². The van der Waals surface area contributed by atoms with Crippen molar-refractivity contribution >= 4 is 17.7 Å². The number of ether oxygens (including phenoxy) is 1. The van der Waals surface area contributed by atoms with Crippen LogP contribution in [0.1, 0.15) is 6.42 Å². The molecule has 5 heteroatoms. The summed E-state index contributed by atoms with van der Waals surface area (Å²) in [6.45, 7) is 2.44. The first kappa shape index (κ1) is 13.8. The average molecular weight is 292 g/mol. The number of carbonyl (C=O) groups excluding carboxylic acids is 1. The van der Waals surface area contributed by atoms with E-state index in [9.17, 15) is 4.79 Å². The fourth-order valence-corrected chi connectivity index (χ4v) is 3.59. The summed E-state index contributed by atoms with van der Waals surface area (Å²) < 4.78 is 5.92. The molecule has 2 saturated heterocycles. The van der Waals surface area contributed by atoms with Crippen molar-refractivity contribution < 1.29 is 9.53 Å². The van der Waals surface area contributed by atoms with Gasteiger partial charge in [-0.3, -0.25) is 4.79 Å². The quantitative estimate of drug-likeness (QED) is 0.914. The molecule has 0 aliphatic carbocycles. The lowest BCUT2D eigenvalue weighted by atomic mass is 10.3. The van der Waals surface area contributed by atoms with Crippen molar-refractivity contribution in [2.45, 2.75) is 18.6 Å². The van der Waals surface area contributed by atoms with Crippen LogP contribution >= 0.6 is 11.8 Å². The van der Waals surface area contributed by atoms with Crippen molar-refractivity contribution in [3.8, 4) is 5.75 Å². The topological polar surface area (TPSA) is 41.6 Å². The highest BCUT2D eigenvalue weighted by Crippen LogP contribution is 2.19. The van der Waals surface area contributed by atoms with Gasteiger partial charge in [0.15, 0.2) is 0 Å². The van der Waals surface area contributed by atoms with Crippen LogP contribution in [0.3, 0.4) is 0 Å². The molecule has 2 aliphatic rings. The Balaban J connectivity index is 1.52. The molecule has 1 N–H and O–H groups in total. The lowest BCUT2D eigenvalue weighted by molar-refractivity contribution is -0.132. The van der Waals surface area contributed by atoms with Gasteiger partial charge in [0.05, 0.1) is 12.6 Å². The Labute approximate surface area is 123 Å². The number of nitrogens with one attached hydrogen (secondary N) is 1. The minimum Gasteiger partial charge on any atom is -0.489 e. The zero-order valence-corrected chi connectivity index (χ0v) is 12.3. The maximum atomic E-state index is 12.4. The molecular weight excluding hydrogens is 272 g/mol. The first-order valence-corrected chi connectivity index (χ1v) is 8.30. The SMILES string of the molecule is O=C(C1CSCCN1)N1CC[C@@H](Oc2ccccc2)C1. The van der Waals surface area contributed by atoms with Gasteiger partial charge in [0.25, 0.3) is 0 Å². The van der Waals surface area contributed by atoms with E-state index in [2.05, 4.69) is 5.32 Å². The Morgan fingerprint density at radius 3 is 2.95 bits per heavy atom. The molecule has 108 valence electrons. The highest BCUT2D eigenvalue weighted by molar-refractivity contribution is 7.99. The number of hydrogen-bond acceptors (Lipinski definition) is 4. The maximum absolute atomic E-state index is 12.4. The lowest BCUT2D eigenvalue weighted by Crippen LogP contribution is -2.50. The van der Waals surface area contributed by atoms with Crippen LogP contribution in [0.5, 0.6) is 5.75 Å². The summed E-state index contributed by atoms with van der Waals surface area (Å²) >= 11 is 1.85. The molecule has 1 amide bonds. The number of benzene rings is 1. The van der Waals surface area contributed by atoms with Crippen molar-refractivity contribution in [1.29, 1.82) is 0 Å². The van der Waals surface area contributed by atoms with E-state index >= 15 is 0 Å². The molecule has 4 nitrogen and oxygen atoms in total. The van der Waals surface area contributed by atoms with Gasteiger partial charge in [-0.2, -0.15) is 11.8 Å². The summed E-state index contributed by atoms with van der Waals surface area (Å²) in [5, 5.41) is 3.31. The average Bonchev–Trinajstić information content (AvgIpc) is 2.97. The van der Waals surface area contributed by atoms with Gasteiger partial charge in [0.1, 0.15) is 11.9 Å². The molecular formula is C15H20N2O2S. The van der Waals surface area contributed by atoms with Gasteiger partial charge in [-0.1, -0.05) is 18.2 Å². The largest absolute Gasteiger partial charge is 0.489 e. The zero-order chi connectivity index (χ0) is 13.8.